The second kappa shape index (κ2) is 12.6. The summed E-state index contributed by atoms with van der Waals surface area (Å²) in [5.74, 6) is -1.39. The van der Waals surface area contributed by atoms with E-state index in [1.54, 1.807) is 61.2 Å². The van der Waals surface area contributed by atoms with Crippen molar-refractivity contribution < 1.29 is 34.1 Å². The van der Waals surface area contributed by atoms with E-state index >= 15 is 0 Å². The average molecular weight is 588 g/mol. The molecule has 2 N–H and O–H groups in total. The van der Waals surface area contributed by atoms with Crippen LogP contribution in [0.5, 0.6) is 0 Å². The number of hydrogen-bond acceptors (Lipinski definition) is 8. The van der Waals surface area contributed by atoms with Crippen molar-refractivity contribution in [3.05, 3.63) is 120 Å². The molecular weight excluding hydrogens is 562 g/mol. The molecule has 218 valence electrons. The molecule has 0 amide bonds. The van der Waals surface area contributed by atoms with Crippen LogP contribution in [0.25, 0.3) is 22.1 Å². The van der Waals surface area contributed by atoms with Crippen LogP contribution in [0, 0.1) is 0 Å². The van der Waals surface area contributed by atoms with Gasteiger partial charge >= 0.3 is 26.5 Å². The molecule has 0 saturated heterocycles. The van der Waals surface area contributed by atoms with Crippen LogP contribution < -0.4 is 10.9 Å². The Hall–Kier alpha value is -5.23. The largest absolute Gasteiger partial charge is 0.520 e. The van der Waals surface area contributed by atoms with E-state index in [-0.39, 0.29) is 13.0 Å². The molecule has 2 heterocycles. The van der Waals surface area contributed by atoms with Gasteiger partial charge in [0.05, 0.1) is 53.0 Å². The van der Waals surface area contributed by atoms with E-state index in [9.17, 15) is 19.7 Å². The molecule has 6 aromatic rings. The van der Waals surface area contributed by atoms with E-state index in [0.29, 0.717) is 29.6 Å². The maximum absolute atomic E-state index is 11.9. The number of aromatic carboxylic acids is 1. The molecule has 0 radical (unpaired) electrons. The molecule has 0 aliphatic rings. The van der Waals surface area contributed by atoms with Gasteiger partial charge in [0.1, 0.15) is 0 Å². The van der Waals surface area contributed by atoms with Crippen LogP contribution in [0.4, 0.5) is 0 Å². The van der Waals surface area contributed by atoms with Crippen LogP contribution in [-0.4, -0.2) is 62.9 Å². The lowest BCUT2D eigenvalue weighted by molar-refractivity contribution is -0.114. The van der Waals surface area contributed by atoms with Crippen LogP contribution >= 0.6 is 0 Å². The van der Waals surface area contributed by atoms with Crippen molar-refractivity contribution in [2.24, 2.45) is 0 Å². The Bertz CT molecular complexity index is 1960. The van der Waals surface area contributed by atoms with Crippen molar-refractivity contribution in [3.8, 4) is 0 Å². The van der Waals surface area contributed by atoms with Gasteiger partial charge in [0.25, 0.3) is 0 Å². The standard InChI is InChI=1S/C31H26B2N4O7/c1-42-31(40)23-6-12-26-29(15-23)37(18-34-26)17-20-2-8-24(9-3-20)32-43-44-33(41)25-10-4-21(5-11-25)16-36-19-35-27-14-22(30(38)39)7-13-28(27)36/h2-15,18-19,32,41H,16-17H2,1H3,(H,38,39). The molecule has 0 saturated carbocycles. The molecule has 0 fully saturated rings. The first kappa shape index (κ1) is 28.9. The van der Waals surface area contributed by atoms with Crippen molar-refractivity contribution in [2.45, 2.75) is 13.1 Å². The van der Waals surface area contributed by atoms with Gasteiger partial charge in [-0.15, -0.1) is 0 Å². The third-order valence-electron chi connectivity index (χ3n) is 7.29. The number of ether oxygens (including phenoxy) is 1. The van der Waals surface area contributed by atoms with Crippen LogP contribution in [-0.2, 0) is 27.4 Å². The van der Waals surface area contributed by atoms with Gasteiger partial charge in [0, 0.05) is 13.1 Å². The lowest BCUT2D eigenvalue weighted by Crippen LogP contribution is -2.35. The van der Waals surface area contributed by atoms with E-state index in [1.807, 2.05) is 45.5 Å². The summed E-state index contributed by atoms with van der Waals surface area (Å²) in [4.78, 5) is 42.4. The van der Waals surface area contributed by atoms with Crippen LogP contribution in [0.1, 0.15) is 31.8 Å². The highest BCUT2D eigenvalue weighted by Gasteiger charge is 2.18. The third kappa shape index (κ3) is 6.25. The first-order valence-corrected chi connectivity index (χ1v) is 13.7. The third-order valence-corrected chi connectivity index (χ3v) is 7.29. The topological polar surface area (TPSA) is 138 Å². The first-order chi connectivity index (χ1) is 21.4. The number of carboxylic acid groups (broad SMARTS) is 1. The minimum atomic E-state index is -1.27. The number of rotatable bonds is 11. The second-order valence-electron chi connectivity index (χ2n) is 10.2. The van der Waals surface area contributed by atoms with Crippen molar-refractivity contribution >= 4 is 59.5 Å². The number of benzene rings is 4. The van der Waals surface area contributed by atoms with Gasteiger partial charge < -0.3 is 28.8 Å². The molecule has 11 nitrogen and oxygen atoms in total. The Balaban J connectivity index is 1.01. The molecular formula is C31H26B2N4O7. The Kier molecular flexibility index (Phi) is 8.24. The minimum absolute atomic E-state index is 0.142. The van der Waals surface area contributed by atoms with Gasteiger partial charge in [-0.3, -0.25) is 4.81 Å². The predicted octanol–water partition coefficient (Wildman–Crippen LogP) is 2.28. The first-order valence-electron chi connectivity index (χ1n) is 13.7. The molecule has 6 rings (SSSR count). The summed E-state index contributed by atoms with van der Waals surface area (Å²) in [6, 6.07) is 25.1. The van der Waals surface area contributed by atoms with E-state index in [1.165, 1.54) is 7.11 Å². The average Bonchev–Trinajstić information content (AvgIpc) is 3.64. The predicted molar refractivity (Wildman–Crippen MR) is 165 cm³/mol. The Labute approximate surface area is 252 Å². The Morgan fingerprint density at radius 3 is 2.11 bits per heavy atom. The monoisotopic (exact) mass is 588 g/mol. The Morgan fingerprint density at radius 2 is 1.43 bits per heavy atom. The summed E-state index contributed by atoms with van der Waals surface area (Å²) < 4.78 is 8.72. The number of carboxylic acids is 1. The van der Waals surface area contributed by atoms with E-state index in [0.717, 1.165) is 33.1 Å². The molecule has 0 aliphatic carbocycles. The SMILES string of the molecule is COC(=O)c1ccc2ncn(Cc3ccc(BOOB(O)c4ccc(Cn5cnc6cc(C(=O)O)ccc65)cc4)cc3)c2c1. The molecule has 44 heavy (non-hydrogen) atoms. The summed E-state index contributed by atoms with van der Waals surface area (Å²) >= 11 is 0. The highest BCUT2D eigenvalue weighted by molar-refractivity contribution is 6.60. The highest BCUT2D eigenvalue weighted by atomic mass is 17.2. The maximum atomic E-state index is 11.9. The van der Waals surface area contributed by atoms with Crippen molar-refractivity contribution in [1.82, 2.24) is 19.1 Å². The molecule has 4 aromatic carbocycles. The number of methoxy groups -OCH3 is 1. The van der Waals surface area contributed by atoms with Gasteiger partial charge in [-0.2, -0.15) is 0 Å². The molecule has 0 spiro atoms. The highest BCUT2D eigenvalue weighted by Crippen LogP contribution is 2.18. The maximum Gasteiger partial charge on any atom is 0.520 e. The molecule has 2 aromatic heterocycles. The number of fused-ring (bicyclic) bond motifs is 2. The lowest BCUT2D eigenvalue weighted by atomic mass is 9.79. The molecule has 0 atom stereocenters. The lowest BCUT2D eigenvalue weighted by Gasteiger charge is -2.10. The summed E-state index contributed by atoms with van der Waals surface area (Å²) in [7, 11) is 0.229. The zero-order valence-electron chi connectivity index (χ0n) is 23.7. The normalized spacial score (nSPS) is 11.1. The summed E-state index contributed by atoms with van der Waals surface area (Å²) in [5, 5.41) is 19.6. The minimum Gasteiger partial charge on any atom is -0.478 e. The Morgan fingerprint density at radius 1 is 0.795 bits per heavy atom. The number of imidazole rings is 2. The molecule has 0 unspecified atom stereocenters. The number of aromatic nitrogens is 4. The fourth-order valence-corrected chi connectivity index (χ4v) is 4.89. The summed E-state index contributed by atoms with van der Waals surface area (Å²) in [6.07, 6.45) is 3.41. The van der Waals surface area contributed by atoms with Gasteiger partial charge in [0.2, 0.25) is 0 Å². The van der Waals surface area contributed by atoms with E-state index in [4.69, 9.17) is 14.3 Å². The van der Waals surface area contributed by atoms with Crippen molar-refractivity contribution in [1.29, 1.82) is 0 Å². The molecule has 13 heteroatoms. The fraction of sp³-hybridized carbons (Fsp3) is 0.0968. The van der Waals surface area contributed by atoms with Gasteiger partial charge in [-0.25, -0.2) is 19.6 Å². The van der Waals surface area contributed by atoms with Gasteiger partial charge in [-0.05, 0) is 58.5 Å². The molecule has 0 aliphatic heterocycles. The van der Waals surface area contributed by atoms with Crippen molar-refractivity contribution in [3.63, 3.8) is 0 Å². The second-order valence-corrected chi connectivity index (χ2v) is 10.2. The number of esters is 1. The smallest absolute Gasteiger partial charge is 0.478 e. The zero-order valence-corrected chi connectivity index (χ0v) is 23.7. The fourth-order valence-electron chi connectivity index (χ4n) is 4.89. The summed E-state index contributed by atoms with van der Waals surface area (Å²) in [6.45, 7) is 1.09. The number of carbonyl (C=O) groups excluding carboxylic acids is 1. The van der Waals surface area contributed by atoms with Crippen LogP contribution in [0.2, 0.25) is 0 Å². The quantitative estimate of drug-likeness (QED) is 0.101. The summed E-state index contributed by atoms with van der Waals surface area (Å²) in [5.41, 5.74) is 7.12. The molecule has 0 bridgehead atoms. The number of hydrogen-bond donors (Lipinski definition) is 2. The van der Waals surface area contributed by atoms with Gasteiger partial charge in [-0.1, -0.05) is 48.5 Å². The van der Waals surface area contributed by atoms with Gasteiger partial charge in [0.15, 0.2) is 0 Å². The van der Waals surface area contributed by atoms with E-state index < -0.39 is 19.1 Å². The van der Waals surface area contributed by atoms with Crippen LogP contribution in [0.15, 0.2) is 97.6 Å². The van der Waals surface area contributed by atoms with Crippen molar-refractivity contribution in [2.75, 3.05) is 7.11 Å². The van der Waals surface area contributed by atoms with E-state index in [2.05, 4.69) is 9.97 Å². The zero-order chi connectivity index (χ0) is 30.6. The number of carbonyl (C=O) groups is 2. The number of nitrogens with zero attached hydrogens (tertiary/aromatic N) is 4. The van der Waals surface area contributed by atoms with Crippen LogP contribution in [0.3, 0.4) is 0 Å².